The van der Waals surface area contributed by atoms with E-state index < -0.39 is 18.0 Å². The molecular formula is C23H23N3O4. The van der Waals surface area contributed by atoms with Gasteiger partial charge in [-0.15, -0.1) is 0 Å². The number of hydrogen-bond donors (Lipinski definition) is 1. The lowest BCUT2D eigenvalue weighted by Gasteiger charge is -2.16. The molecule has 1 amide bonds. The van der Waals surface area contributed by atoms with Gasteiger partial charge in [0, 0.05) is 18.1 Å². The summed E-state index contributed by atoms with van der Waals surface area (Å²) in [7, 11) is 0. The molecule has 2 heterocycles. The molecular weight excluding hydrogens is 382 g/mol. The molecule has 1 aromatic carbocycles. The van der Waals surface area contributed by atoms with Crippen molar-refractivity contribution in [2.45, 2.75) is 40.7 Å². The van der Waals surface area contributed by atoms with Crippen LogP contribution in [0.15, 0.2) is 41.1 Å². The number of nitrogens with one attached hydrogen (secondary N) is 1. The van der Waals surface area contributed by atoms with E-state index in [1.165, 1.54) is 6.92 Å². The maximum atomic E-state index is 12.8. The number of nitriles is 1. The number of aromatic nitrogens is 1. The van der Waals surface area contributed by atoms with Crippen LogP contribution in [0.1, 0.15) is 45.3 Å². The molecule has 1 N–H and O–H groups in total. The van der Waals surface area contributed by atoms with Crippen molar-refractivity contribution in [3.05, 3.63) is 70.2 Å². The van der Waals surface area contributed by atoms with Crippen molar-refractivity contribution in [3.63, 3.8) is 0 Å². The standard InChI is InChI=1S/C23H23N3O4/c1-13-10-14(2)20(15(3)11-13)25-21(27)17(5)30-23(28)19-16(4)29-22(18(19)12-24)26-8-6-7-9-26/h6-11,17H,1-5H3,(H,25,27)/t17-/m1/s1. The number of ether oxygens (including phenoxy) is 1. The zero-order valence-corrected chi connectivity index (χ0v) is 17.6. The van der Waals surface area contributed by atoms with Crippen LogP contribution in [0.4, 0.5) is 5.69 Å². The summed E-state index contributed by atoms with van der Waals surface area (Å²) in [4.78, 5) is 25.4. The van der Waals surface area contributed by atoms with Gasteiger partial charge in [-0.1, -0.05) is 17.7 Å². The summed E-state index contributed by atoms with van der Waals surface area (Å²) in [6.07, 6.45) is 2.35. The number of benzene rings is 1. The number of amides is 1. The first-order chi connectivity index (χ1) is 14.2. The van der Waals surface area contributed by atoms with Crippen LogP contribution in [0.25, 0.3) is 5.88 Å². The molecule has 154 valence electrons. The van der Waals surface area contributed by atoms with Gasteiger partial charge in [-0.2, -0.15) is 5.26 Å². The van der Waals surface area contributed by atoms with Gasteiger partial charge < -0.3 is 14.5 Å². The van der Waals surface area contributed by atoms with Gasteiger partial charge in [-0.25, -0.2) is 4.79 Å². The Hall–Kier alpha value is -3.79. The molecule has 0 saturated carbocycles. The first kappa shape index (κ1) is 20.9. The highest BCUT2D eigenvalue weighted by molar-refractivity contribution is 5.99. The van der Waals surface area contributed by atoms with Gasteiger partial charge in [0.05, 0.1) is 0 Å². The maximum Gasteiger partial charge on any atom is 0.343 e. The fourth-order valence-electron chi connectivity index (χ4n) is 3.41. The van der Waals surface area contributed by atoms with Crippen LogP contribution >= 0.6 is 0 Å². The van der Waals surface area contributed by atoms with E-state index in [0.29, 0.717) is 5.69 Å². The lowest BCUT2D eigenvalue weighted by molar-refractivity contribution is -0.123. The summed E-state index contributed by atoms with van der Waals surface area (Å²) in [6.45, 7) is 8.86. The van der Waals surface area contributed by atoms with Gasteiger partial charge in [0.15, 0.2) is 6.10 Å². The highest BCUT2D eigenvalue weighted by atomic mass is 16.5. The molecule has 0 saturated heterocycles. The van der Waals surface area contributed by atoms with E-state index in [2.05, 4.69) is 5.32 Å². The quantitative estimate of drug-likeness (QED) is 0.636. The molecule has 30 heavy (non-hydrogen) atoms. The van der Waals surface area contributed by atoms with Crippen molar-refractivity contribution in [1.82, 2.24) is 4.57 Å². The van der Waals surface area contributed by atoms with Gasteiger partial charge >= 0.3 is 5.97 Å². The topological polar surface area (TPSA) is 97.3 Å². The van der Waals surface area contributed by atoms with E-state index >= 15 is 0 Å². The number of hydrogen-bond acceptors (Lipinski definition) is 5. The minimum atomic E-state index is -1.06. The molecule has 0 aliphatic carbocycles. The Kier molecular flexibility index (Phi) is 5.79. The predicted octanol–water partition coefficient (Wildman–Crippen LogP) is 4.36. The molecule has 1 atom stereocenters. The molecule has 0 radical (unpaired) electrons. The second-order valence-electron chi connectivity index (χ2n) is 7.23. The average Bonchev–Trinajstić information content (AvgIpc) is 3.31. The van der Waals surface area contributed by atoms with Crippen LogP contribution in [0, 0.1) is 39.0 Å². The highest BCUT2D eigenvalue weighted by Gasteiger charge is 2.28. The van der Waals surface area contributed by atoms with Crippen LogP contribution in [-0.2, 0) is 9.53 Å². The Morgan fingerprint density at radius 3 is 2.30 bits per heavy atom. The fourth-order valence-corrected chi connectivity index (χ4v) is 3.41. The lowest BCUT2D eigenvalue weighted by Crippen LogP contribution is -2.30. The highest BCUT2D eigenvalue weighted by Crippen LogP contribution is 2.27. The third kappa shape index (κ3) is 3.98. The lowest BCUT2D eigenvalue weighted by atomic mass is 10.0. The van der Waals surface area contributed by atoms with Gasteiger partial charge in [-0.05, 0) is 57.9 Å². The molecule has 0 unspecified atom stereocenters. The number of rotatable bonds is 5. The first-order valence-corrected chi connectivity index (χ1v) is 9.49. The molecule has 3 aromatic rings. The van der Waals surface area contributed by atoms with Crippen molar-refractivity contribution in [1.29, 1.82) is 5.26 Å². The van der Waals surface area contributed by atoms with Crippen molar-refractivity contribution in [2.75, 3.05) is 5.32 Å². The number of aryl methyl sites for hydroxylation is 4. The van der Waals surface area contributed by atoms with Crippen LogP contribution in [0.3, 0.4) is 0 Å². The number of nitrogens with zero attached hydrogens (tertiary/aromatic N) is 2. The van der Waals surface area contributed by atoms with Crippen molar-refractivity contribution < 1.29 is 18.7 Å². The molecule has 0 bridgehead atoms. The Bertz CT molecular complexity index is 1130. The van der Waals surface area contributed by atoms with E-state index in [1.54, 1.807) is 36.0 Å². The van der Waals surface area contributed by atoms with Gasteiger partial charge in [0.1, 0.15) is 23.0 Å². The Morgan fingerprint density at radius 2 is 1.73 bits per heavy atom. The zero-order valence-electron chi connectivity index (χ0n) is 17.6. The van der Waals surface area contributed by atoms with Crippen LogP contribution in [-0.4, -0.2) is 22.5 Å². The van der Waals surface area contributed by atoms with Gasteiger partial charge in [0.2, 0.25) is 5.88 Å². The van der Waals surface area contributed by atoms with E-state index in [9.17, 15) is 14.9 Å². The fraction of sp³-hybridized carbons (Fsp3) is 0.261. The number of furan rings is 1. The van der Waals surface area contributed by atoms with Gasteiger partial charge in [0.25, 0.3) is 5.91 Å². The van der Waals surface area contributed by atoms with E-state index in [-0.39, 0.29) is 22.8 Å². The third-order valence-electron chi connectivity index (χ3n) is 4.80. The minimum Gasteiger partial charge on any atom is -0.449 e. The molecule has 3 rings (SSSR count). The summed E-state index contributed by atoms with van der Waals surface area (Å²) in [6, 6.07) is 9.49. The summed E-state index contributed by atoms with van der Waals surface area (Å²) in [5.74, 6) is -0.761. The summed E-state index contributed by atoms with van der Waals surface area (Å²) < 4.78 is 12.6. The van der Waals surface area contributed by atoms with Gasteiger partial charge in [-0.3, -0.25) is 9.36 Å². The molecule has 0 aliphatic heterocycles. The molecule has 2 aromatic heterocycles. The summed E-state index contributed by atoms with van der Waals surface area (Å²) >= 11 is 0. The molecule has 7 nitrogen and oxygen atoms in total. The number of carbonyl (C=O) groups is 2. The van der Waals surface area contributed by atoms with Crippen LogP contribution < -0.4 is 5.32 Å². The maximum absolute atomic E-state index is 12.8. The summed E-state index contributed by atoms with van der Waals surface area (Å²) in [5, 5.41) is 12.4. The zero-order chi connectivity index (χ0) is 22.0. The Labute approximate surface area is 174 Å². The Morgan fingerprint density at radius 1 is 1.13 bits per heavy atom. The van der Waals surface area contributed by atoms with Crippen molar-refractivity contribution in [3.8, 4) is 12.0 Å². The van der Waals surface area contributed by atoms with E-state index in [1.807, 2.05) is 39.0 Å². The molecule has 7 heteroatoms. The normalized spacial score (nSPS) is 11.6. The number of carbonyl (C=O) groups excluding carboxylic acids is 2. The first-order valence-electron chi connectivity index (χ1n) is 9.49. The second kappa shape index (κ2) is 8.29. The predicted molar refractivity (Wildman–Crippen MR) is 112 cm³/mol. The van der Waals surface area contributed by atoms with Crippen LogP contribution in [0.5, 0.6) is 0 Å². The average molecular weight is 405 g/mol. The van der Waals surface area contributed by atoms with Crippen molar-refractivity contribution in [2.24, 2.45) is 0 Å². The summed E-state index contributed by atoms with van der Waals surface area (Å²) in [5.41, 5.74) is 3.72. The minimum absolute atomic E-state index is 0.0172. The Balaban J connectivity index is 1.80. The molecule has 0 aliphatic rings. The monoisotopic (exact) mass is 405 g/mol. The number of esters is 1. The SMILES string of the molecule is Cc1cc(C)c(NC(=O)[C@@H](C)OC(=O)c2c(C)oc(-n3cccc3)c2C#N)c(C)c1. The van der Waals surface area contributed by atoms with Crippen LogP contribution in [0.2, 0.25) is 0 Å². The number of anilines is 1. The van der Waals surface area contributed by atoms with Crippen molar-refractivity contribution >= 4 is 17.6 Å². The molecule has 0 spiro atoms. The molecule has 0 fully saturated rings. The largest absolute Gasteiger partial charge is 0.449 e. The third-order valence-corrected chi connectivity index (χ3v) is 4.80. The van der Waals surface area contributed by atoms with E-state index in [0.717, 1.165) is 16.7 Å². The van der Waals surface area contributed by atoms with E-state index in [4.69, 9.17) is 9.15 Å². The second-order valence-corrected chi connectivity index (χ2v) is 7.23. The smallest absolute Gasteiger partial charge is 0.343 e.